The molecule has 0 amide bonds. The van der Waals surface area contributed by atoms with Crippen molar-refractivity contribution >= 4 is 0 Å². The molecule has 0 radical (unpaired) electrons. The van der Waals surface area contributed by atoms with Crippen LogP contribution in [0.4, 0.5) is 0 Å². The lowest BCUT2D eigenvalue weighted by molar-refractivity contribution is 0.545. The summed E-state index contributed by atoms with van der Waals surface area (Å²) in [7, 11) is 0. The molecule has 2 aromatic rings. The van der Waals surface area contributed by atoms with Crippen LogP contribution in [0.2, 0.25) is 0 Å². The van der Waals surface area contributed by atoms with E-state index in [0.29, 0.717) is 6.54 Å². The minimum absolute atomic E-state index is 0.163. The Morgan fingerprint density at radius 2 is 2.19 bits per heavy atom. The molecule has 1 unspecified atom stereocenters. The predicted molar refractivity (Wildman–Crippen MR) is 61.9 cm³/mol. The first kappa shape index (κ1) is 10.8. The molecule has 2 aromatic heterocycles. The van der Waals surface area contributed by atoms with Crippen molar-refractivity contribution in [3.63, 3.8) is 0 Å². The Morgan fingerprint density at radius 1 is 1.38 bits per heavy atom. The number of hydrogen-bond acceptors (Lipinski definition) is 4. The Morgan fingerprint density at radius 3 is 2.81 bits per heavy atom. The largest absolute Gasteiger partial charge is 0.460 e. The van der Waals surface area contributed by atoms with E-state index in [2.05, 4.69) is 9.97 Å². The molecule has 4 nitrogen and oxygen atoms in total. The van der Waals surface area contributed by atoms with Crippen LogP contribution in [0, 0.1) is 6.92 Å². The lowest BCUT2D eigenvalue weighted by Gasteiger charge is -2.07. The highest BCUT2D eigenvalue weighted by Crippen LogP contribution is 2.20. The number of aryl methyl sites for hydroxylation is 1. The van der Waals surface area contributed by atoms with Crippen LogP contribution >= 0.6 is 0 Å². The summed E-state index contributed by atoms with van der Waals surface area (Å²) in [6, 6.07) is 5.67. The van der Waals surface area contributed by atoms with Gasteiger partial charge in [0.05, 0.1) is 0 Å². The monoisotopic (exact) mass is 217 g/mol. The van der Waals surface area contributed by atoms with E-state index in [1.54, 1.807) is 6.20 Å². The Hall–Kier alpha value is -1.68. The molecule has 0 aliphatic heterocycles. The van der Waals surface area contributed by atoms with Gasteiger partial charge in [0.2, 0.25) is 0 Å². The molecule has 2 N–H and O–H groups in total. The normalized spacial score (nSPS) is 12.7. The van der Waals surface area contributed by atoms with Crippen LogP contribution < -0.4 is 5.73 Å². The summed E-state index contributed by atoms with van der Waals surface area (Å²) in [6.07, 6.45) is 1.74. The Labute approximate surface area is 94.5 Å². The van der Waals surface area contributed by atoms with Gasteiger partial charge in [0, 0.05) is 18.7 Å². The number of aromatic nitrogens is 2. The average molecular weight is 217 g/mol. The van der Waals surface area contributed by atoms with Gasteiger partial charge >= 0.3 is 0 Å². The molecule has 0 aliphatic carbocycles. The zero-order chi connectivity index (χ0) is 11.5. The Balaban J connectivity index is 2.36. The van der Waals surface area contributed by atoms with E-state index in [0.717, 1.165) is 23.0 Å². The molecule has 0 fully saturated rings. The zero-order valence-electron chi connectivity index (χ0n) is 9.47. The van der Waals surface area contributed by atoms with Gasteiger partial charge in [-0.05, 0) is 25.1 Å². The molecule has 0 aliphatic rings. The summed E-state index contributed by atoms with van der Waals surface area (Å²) in [5.41, 5.74) is 6.40. The van der Waals surface area contributed by atoms with Crippen molar-refractivity contribution in [1.29, 1.82) is 0 Å². The van der Waals surface area contributed by atoms with E-state index in [1.807, 2.05) is 32.0 Å². The van der Waals surface area contributed by atoms with E-state index in [4.69, 9.17) is 10.2 Å². The fraction of sp³-hybridized carbons (Fsp3) is 0.333. The third-order valence-electron chi connectivity index (χ3n) is 2.46. The van der Waals surface area contributed by atoms with E-state index in [1.165, 1.54) is 0 Å². The van der Waals surface area contributed by atoms with E-state index in [-0.39, 0.29) is 5.92 Å². The fourth-order valence-electron chi connectivity index (χ4n) is 1.43. The second-order valence-electron chi connectivity index (χ2n) is 3.85. The van der Waals surface area contributed by atoms with Gasteiger partial charge < -0.3 is 10.2 Å². The Kier molecular flexibility index (Phi) is 3.01. The van der Waals surface area contributed by atoms with Crippen LogP contribution in [0.25, 0.3) is 11.5 Å². The second kappa shape index (κ2) is 4.45. The molecule has 0 saturated heterocycles. The van der Waals surface area contributed by atoms with Crippen LogP contribution in [0.5, 0.6) is 0 Å². The summed E-state index contributed by atoms with van der Waals surface area (Å²) in [5.74, 6) is 2.57. The van der Waals surface area contributed by atoms with Crippen LogP contribution in [0.3, 0.4) is 0 Å². The fourth-order valence-corrected chi connectivity index (χ4v) is 1.43. The van der Waals surface area contributed by atoms with Crippen LogP contribution in [-0.2, 0) is 0 Å². The average Bonchev–Trinajstić information content (AvgIpc) is 2.75. The van der Waals surface area contributed by atoms with Crippen molar-refractivity contribution in [3.8, 4) is 11.5 Å². The van der Waals surface area contributed by atoms with Crippen molar-refractivity contribution in [2.75, 3.05) is 6.54 Å². The lowest BCUT2D eigenvalue weighted by Crippen LogP contribution is -2.12. The highest BCUT2D eigenvalue weighted by Gasteiger charge is 2.09. The molecule has 0 saturated carbocycles. The molecule has 16 heavy (non-hydrogen) atoms. The molecule has 1 atom stereocenters. The number of nitrogens with zero attached hydrogens (tertiary/aromatic N) is 2. The topological polar surface area (TPSA) is 64.9 Å². The molecule has 4 heteroatoms. The minimum Gasteiger partial charge on any atom is -0.460 e. The van der Waals surface area contributed by atoms with Crippen LogP contribution in [0.15, 0.2) is 28.8 Å². The van der Waals surface area contributed by atoms with E-state index < -0.39 is 0 Å². The van der Waals surface area contributed by atoms with Gasteiger partial charge in [0.15, 0.2) is 5.76 Å². The lowest BCUT2D eigenvalue weighted by atomic mass is 10.1. The van der Waals surface area contributed by atoms with E-state index in [9.17, 15) is 0 Å². The molecule has 84 valence electrons. The molecule has 0 spiro atoms. The maximum atomic E-state index is 5.59. The number of nitrogens with two attached hydrogens (primary N) is 1. The van der Waals surface area contributed by atoms with Crippen molar-refractivity contribution < 1.29 is 4.42 Å². The highest BCUT2D eigenvalue weighted by atomic mass is 16.3. The standard InChI is InChI=1S/C12H15N3O/c1-8(7-13)12-14-6-5-10(15-12)11-4-3-9(2)16-11/h3-6,8H,7,13H2,1-2H3. The molecule has 0 bridgehead atoms. The zero-order valence-corrected chi connectivity index (χ0v) is 9.47. The molecule has 2 heterocycles. The smallest absolute Gasteiger partial charge is 0.152 e. The van der Waals surface area contributed by atoms with Gasteiger partial charge in [-0.25, -0.2) is 9.97 Å². The van der Waals surface area contributed by atoms with Crippen molar-refractivity contribution in [1.82, 2.24) is 9.97 Å². The van der Waals surface area contributed by atoms with Crippen LogP contribution in [-0.4, -0.2) is 16.5 Å². The summed E-state index contributed by atoms with van der Waals surface area (Å²) in [5, 5.41) is 0. The first-order valence-electron chi connectivity index (χ1n) is 5.30. The SMILES string of the molecule is Cc1ccc(-c2ccnc(C(C)CN)n2)o1. The quantitative estimate of drug-likeness (QED) is 0.855. The van der Waals surface area contributed by atoms with Crippen molar-refractivity contribution in [2.24, 2.45) is 5.73 Å². The molecule has 2 rings (SSSR count). The van der Waals surface area contributed by atoms with E-state index >= 15 is 0 Å². The van der Waals surface area contributed by atoms with Gasteiger partial charge in [0.25, 0.3) is 0 Å². The summed E-state index contributed by atoms with van der Waals surface area (Å²) < 4.78 is 5.52. The number of furan rings is 1. The summed E-state index contributed by atoms with van der Waals surface area (Å²) >= 11 is 0. The van der Waals surface area contributed by atoms with Crippen LogP contribution in [0.1, 0.15) is 24.4 Å². The first-order valence-corrected chi connectivity index (χ1v) is 5.30. The van der Waals surface area contributed by atoms with Gasteiger partial charge in [0.1, 0.15) is 17.3 Å². The summed E-state index contributed by atoms with van der Waals surface area (Å²) in [4.78, 5) is 8.65. The predicted octanol–water partition coefficient (Wildman–Crippen LogP) is 2.11. The maximum Gasteiger partial charge on any atom is 0.152 e. The molecular weight excluding hydrogens is 202 g/mol. The van der Waals surface area contributed by atoms with Crippen molar-refractivity contribution in [2.45, 2.75) is 19.8 Å². The van der Waals surface area contributed by atoms with Gasteiger partial charge in [-0.3, -0.25) is 0 Å². The van der Waals surface area contributed by atoms with Gasteiger partial charge in [-0.2, -0.15) is 0 Å². The third-order valence-corrected chi connectivity index (χ3v) is 2.46. The third kappa shape index (κ3) is 2.12. The first-order chi connectivity index (χ1) is 7.70. The highest BCUT2D eigenvalue weighted by molar-refractivity contribution is 5.51. The van der Waals surface area contributed by atoms with Gasteiger partial charge in [-0.1, -0.05) is 6.92 Å². The minimum atomic E-state index is 0.163. The van der Waals surface area contributed by atoms with Crippen molar-refractivity contribution in [3.05, 3.63) is 36.0 Å². The Bertz CT molecular complexity index is 479. The molecule has 0 aromatic carbocycles. The maximum absolute atomic E-state index is 5.59. The van der Waals surface area contributed by atoms with Gasteiger partial charge in [-0.15, -0.1) is 0 Å². The number of hydrogen-bond donors (Lipinski definition) is 1. The molecular formula is C12H15N3O. The summed E-state index contributed by atoms with van der Waals surface area (Å²) in [6.45, 7) is 4.46. The number of rotatable bonds is 3. The second-order valence-corrected chi connectivity index (χ2v) is 3.85.